The van der Waals surface area contributed by atoms with Crippen LogP contribution in [0.5, 0.6) is 0 Å². The molecule has 0 aromatic rings. The molecule has 0 saturated carbocycles. The van der Waals surface area contributed by atoms with Gasteiger partial charge in [0, 0.05) is 18.2 Å². The summed E-state index contributed by atoms with van der Waals surface area (Å²) in [6, 6.07) is 0. The zero-order valence-electron chi connectivity index (χ0n) is 7.46. The summed E-state index contributed by atoms with van der Waals surface area (Å²) in [6.45, 7) is 1.46. The van der Waals surface area contributed by atoms with Crippen LogP contribution in [-0.2, 0) is 9.31 Å². The van der Waals surface area contributed by atoms with Crippen molar-refractivity contribution in [3.63, 3.8) is 0 Å². The van der Waals surface area contributed by atoms with E-state index in [1.54, 1.807) is 18.4 Å². The van der Waals surface area contributed by atoms with Crippen molar-refractivity contribution in [2.75, 3.05) is 0 Å². The lowest BCUT2D eigenvalue weighted by Crippen LogP contribution is -2.64. The molecule has 0 aromatic carbocycles. The fraction of sp³-hybridized carbons (Fsp3) is 0.125. The molecule has 3 nitrogen and oxygen atoms in total. The smallest absolute Gasteiger partial charge is 0.631 e. The van der Waals surface area contributed by atoms with Gasteiger partial charge in [-0.1, -0.05) is 0 Å². The molecule has 0 aromatic heterocycles. The van der Waals surface area contributed by atoms with Gasteiger partial charge >= 0.3 is 7.11 Å². The summed E-state index contributed by atoms with van der Waals surface area (Å²) >= 11 is 0. The second kappa shape index (κ2) is 2.97. The van der Waals surface area contributed by atoms with E-state index in [2.05, 4.69) is 14.3 Å². The standard InChI is InChI=1S/C8H7BF2NO2/c1-6-5-8(7-3-2-4-12-7)14-9(10,11)13-6/h2-5H,1H3/q-1/p+1/b8-7-. The monoisotopic (exact) mass is 199 g/mol. The molecule has 0 radical (unpaired) electrons. The Morgan fingerprint density at radius 1 is 1.36 bits per heavy atom. The lowest BCUT2D eigenvalue weighted by atomic mass is 10.1. The number of halogens is 2. The first kappa shape index (κ1) is 8.99. The van der Waals surface area contributed by atoms with Crippen molar-refractivity contribution in [2.45, 2.75) is 6.92 Å². The van der Waals surface area contributed by atoms with Crippen LogP contribution in [0.15, 0.2) is 35.4 Å². The lowest BCUT2D eigenvalue weighted by molar-refractivity contribution is -0.383. The number of nitrogens with one attached hydrogen (secondary N) is 1. The Labute approximate surface area is 79.5 Å². The molecule has 0 aliphatic carbocycles. The van der Waals surface area contributed by atoms with Gasteiger partial charge in [0.1, 0.15) is 0 Å². The normalized spacial score (nSPS) is 28.4. The van der Waals surface area contributed by atoms with Gasteiger partial charge in [0.25, 0.3) is 0 Å². The van der Waals surface area contributed by atoms with Crippen LogP contribution in [0.3, 0.4) is 0 Å². The van der Waals surface area contributed by atoms with Gasteiger partial charge in [0.2, 0.25) is 5.70 Å². The number of hydrogen-bond acceptors (Lipinski definition) is 2. The van der Waals surface area contributed by atoms with Crippen LogP contribution >= 0.6 is 0 Å². The molecule has 2 aliphatic rings. The van der Waals surface area contributed by atoms with Crippen LogP contribution in [0.1, 0.15) is 6.92 Å². The van der Waals surface area contributed by atoms with Crippen molar-refractivity contribution in [3.8, 4) is 0 Å². The molecule has 0 bridgehead atoms. The predicted octanol–water partition coefficient (Wildman–Crippen LogP) is 0.244. The van der Waals surface area contributed by atoms with Crippen LogP contribution in [0.4, 0.5) is 8.63 Å². The predicted molar refractivity (Wildman–Crippen MR) is 47.1 cm³/mol. The maximum Gasteiger partial charge on any atom is 0.725 e. The van der Waals surface area contributed by atoms with Crippen molar-refractivity contribution in [1.82, 2.24) is 0 Å². The zero-order valence-corrected chi connectivity index (χ0v) is 7.46. The van der Waals surface area contributed by atoms with Gasteiger partial charge in [-0.15, -0.1) is 0 Å². The molecule has 2 aliphatic heterocycles. The fourth-order valence-electron chi connectivity index (χ4n) is 1.27. The van der Waals surface area contributed by atoms with Crippen LogP contribution in [0, 0.1) is 0 Å². The van der Waals surface area contributed by atoms with Gasteiger partial charge in [-0.2, -0.15) is 0 Å². The Hall–Kier alpha value is -1.59. The molecule has 6 heteroatoms. The third kappa shape index (κ3) is 1.68. The summed E-state index contributed by atoms with van der Waals surface area (Å²) in [7, 11) is -4.22. The molecule has 74 valence electrons. The van der Waals surface area contributed by atoms with Gasteiger partial charge in [0.15, 0.2) is 12.0 Å². The quantitative estimate of drug-likeness (QED) is 0.567. The van der Waals surface area contributed by atoms with Gasteiger partial charge in [0.05, 0.1) is 5.76 Å². The van der Waals surface area contributed by atoms with E-state index in [0.29, 0.717) is 5.70 Å². The Bertz CT molecular complexity index is 371. The van der Waals surface area contributed by atoms with Gasteiger partial charge in [-0.25, -0.2) is 4.99 Å². The van der Waals surface area contributed by atoms with E-state index < -0.39 is 7.11 Å². The third-order valence-electron chi connectivity index (χ3n) is 1.79. The maximum absolute atomic E-state index is 12.8. The van der Waals surface area contributed by atoms with E-state index in [-0.39, 0.29) is 11.5 Å². The average Bonchev–Trinajstić information content (AvgIpc) is 2.51. The van der Waals surface area contributed by atoms with Gasteiger partial charge in [-0.3, -0.25) is 0 Å². The van der Waals surface area contributed by atoms with E-state index in [4.69, 9.17) is 0 Å². The van der Waals surface area contributed by atoms with Crippen molar-refractivity contribution in [1.29, 1.82) is 0 Å². The minimum absolute atomic E-state index is 0.101. The molecule has 0 spiro atoms. The largest absolute Gasteiger partial charge is 0.725 e. The second-order valence-corrected chi connectivity index (χ2v) is 2.97. The highest BCUT2D eigenvalue weighted by Crippen LogP contribution is 2.26. The van der Waals surface area contributed by atoms with Crippen molar-refractivity contribution >= 4 is 13.3 Å². The molecule has 0 fully saturated rings. The van der Waals surface area contributed by atoms with E-state index >= 15 is 0 Å². The average molecular weight is 199 g/mol. The van der Waals surface area contributed by atoms with E-state index in [1.807, 2.05) is 0 Å². The summed E-state index contributed by atoms with van der Waals surface area (Å²) in [6.07, 6.45) is 6.41. The van der Waals surface area contributed by atoms with E-state index in [0.717, 1.165) is 0 Å². The molecule has 0 atom stereocenters. The Morgan fingerprint density at radius 2 is 2.14 bits per heavy atom. The number of rotatable bonds is 0. The van der Waals surface area contributed by atoms with Crippen LogP contribution in [0.25, 0.3) is 0 Å². The molecule has 14 heavy (non-hydrogen) atoms. The summed E-state index contributed by atoms with van der Waals surface area (Å²) in [4.78, 5) is 2.78. The minimum atomic E-state index is -4.22. The SMILES string of the molecule is CC1=C/C(=C2\C=CC=[NH+]2)O[B-](F)(F)O1. The first-order chi connectivity index (χ1) is 6.57. The first-order valence-electron chi connectivity index (χ1n) is 4.14. The molecule has 0 unspecified atom stereocenters. The summed E-state index contributed by atoms with van der Waals surface area (Å²) in [5, 5.41) is 0. The molecule has 1 N–H and O–H groups in total. The third-order valence-corrected chi connectivity index (χ3v) is 1.79. The summed E-state index contributed by atoms with van der Waals surface area (Å²) in [5.74, 6) is 0.245. The van der Waals surface area contributed by atoms with Crippen molar-refractivity contribution in [2.24, 2.45) is 0 Å². The highest BCUT2D eigenvalue weighted by Gasteiger charge is 2.38. The molecular formula is C8H8BF2NO2. The molecule has 2 heterocycles. The molecule has 0 amide bonds. The first-order valence-corrected chi connectivity index (χ1v) is 4.14. The van der Waals surface area contributed by atoms with Crippen LogP contribution in [0.2, 0.25) is 0 Å². The summed E-state index contributed by atoms with van der Waals surface area (Å²) < 4.78 is 34.3. The fourth-order valence-corrected chi connectivity index (χ4v) is 1.27. The molecule has 2 rings (SSSR count). The van der Waals surface area contributed by atoms with E-state index in [9.17, 15) is 8.63 Å². The minimum Gasteiger partial charge on any atom is -0.631 e. The van der Waals surface area contributed by atoms with Crippen molar-refractivity contribution in [3.05, 3.63) is 35.4 Å². The van der Waals surface area contributed by atoms with Crippen LogP contribution < -0.4 is 4.99 Å². The summed E-state index contributed by atoms with van der Waals surface area (Å²) in [5.41, 5.74) is 0.509. The Balaban J connectivity index is 2.38. The molecule has 0 saturated heterocycles. The molecular weight excluding hydrogens is 191 g/mol. The Morgan fingerprint density at radius 3 is 2.71 bits per heavy atom. The highest BCUT2D eigenvalue weighted by atomic mass is 19.3. The lowest BCUT2D eigenvalue weighted by Gasteiger charge is -2.32. The number of allylic oxidation sites excluding steroid dienone is 4. The Kier molecular flexibility index (Phi) is 1.91. The van der Waals surface area contributed by atoms with Gasteiger partial charge < -0.3 is 17.9 Å². The zero-order chi connectivity index (χ0) is 10.2. The highest BCUT2D eigenvalue weighted by molar-refractivity contribution is 6.52. The van der Waals surface area contributed by atoms with Gasteiger partial charge in [-0.05, 0) is 6.92 Å². The second-order valence-electron chi connectivity index (χ2n) is 2.97. The van der Waals surface area contributed by atoms with Crippen molar-refractivity contribution < 1.29 is 22.9 Å². The topological polar surface area (TPSA) is 32.4 Å². The maximum atomic E-state index is 12.8. The van der Waals surface area contributed by atoms with Crippen LogP contribution in [-0.4, -0.2) is 13.3 Å². The number of hydrogen-bond donors (Lipinski definition) is 1. The van der Waals surface area contributed by atoms with E-state index in [1.165, 1.54) is 13.0 Å².